The molecular formula is C15H11Cl3FNO3S. The van der Waals surface area contributed by atoms with Crippen molar-refractivity contribution in [3.8, 4) is 0 Å². The zero-order chi connectivity index (χ0) is 17.9. The molecule has 0 bridgehead atoms. The fourth-order valence-electron chi connectivity index (χ4n) is 1.90. The molecule has 0 aromatic heterocycles. The van der Waals surface area contributed by atoms with Crippen LogP contribution < -0.4 is 5.32 Å². The lowest BCUT2D eigenvalue weighted by Crippen LogP contribution is -2.24. The molecule has 0 aliphatic rings. The molecule has 0 saturated heterocycles. The summed E-state index contributed by atoms with van der Waals surface area (Å²) in [6.45, 7) is 0. The molecule has 0 spiro atoms. The molecule has 0 atom stereocenters. The molecule has 0 radical (unpaired) electrons. The van der Waals surface area contributed by atoms with Crippen molar-refractivity contribution in [1.82, 2.24) is 0 Å². The van der Waals surface area contributed by atoms with E-state index in [1.54, 1.807) is 0 Å². The predicted molar refractivity (Wildman–Crippen MR) is 94.0 cm³/mol. The minimum atomic E-state index is -3.84. The minimum Gasteiger partial charge on any atom is -0.325 e. The van der Waals surface area contributed by atoms with Gasteiger partial charge in [0.05, 0.1) is 15.8 Å². The summed E-state index contributed by atoms with van der Waals surface area (Å²) < 4.78 is 37.2. The van der Waals surface area contributed by atoms with E-state index in [1.165, 1.54) is 24.3 Å². The molecule has 2 aromatic rings. The van der Waals surface area contributed by atoms with Gasteiger partial charge in [-0.3, -0.25) is 4.79 Å². The van der Waals surface area contributed by atoms with Crippen molar-refractivity contribution in [2.45, 2.75) is 5.75 Å². The van der Waals surface area contributed by atoms with E-state index in [1.807, 2.05) is 0 Å². The van der Waals surface area contributed by atoms with Crippen LogP contribution in [0.15, 0.2) is 36.4 Å². The standard InChI is InChI=1S/C15H11Cl3FNO3S/c16-12-5-6-13(17)15(18)11(12)7-24(22,23)8-14(21)20-10-3-1-9(19)2-4-10/h1-6H,7-8H2,(H,20,21). The number of benzene rings is 2. The van der Waals surface area contributed by atoms with Gasteiger partial charge in [0.15, 0.2) is 9.84 Å². The van der Waals surface area contributed by atoms with Crippen molar-refractivity contribution in [3.05, 3.63) is 62.8 Å². The summed E-state index contributed by atoms with van der Waals surface area (Å²) in [4.78, 5) is 11.9. The first-order chi connectivity index (χ1) is 11.2. The summed E-state index contributed by atoms with van der Waals surface area (Å²) in [5.74, 6) is -2.52. The van der Waals surface area contributed by atoms with Gasteiger partial charge in [0, 0.05) is 16.3 Å². The van der Waals surface area contributed by atoms with Crippen LogP contribution in [0.4, 0.5) is 10.1 Å². The molecule has 0 aliphatic heterocycles. The van der Waals surface area contributed by atoms with E-state index in [9.17, 15) is 17.6 Å². The summed E-state index contributed by atoms with van der Waals surface area (Å²) >= 11 is 17.8. The molecular weight excluding hydrogens is 400 g/mol. The van der Waals surface area contributed by atoms with E-state index in [0.717, 1.165) is 12.1 Å². The lowest BCUT2D eigenvalue weighted by molar-refractivity contribution is -0.113. The minimum absolute atomic E-state index is 0.0340. The molecule has 4 nitrogen and oxygen atoms in total. The Balaban J connectivity index is 2.10. The Labute approximate surface area is 153 Å². The van der Waals surface area contributed by atoms with Crippen LogP contribution in [0, 0.1) is 5.82 Å². The highest BCUT2D eigenvalue weighted by atomic mass is 35.5. The first-order valence-corrected chi connectivity index (χ1v) is 9.52. The zero-order valence-corrected chi connectivity index (χ0v) is 15.1. The average Bonchev–Trinajstić information content (AvgIpc) is 2.49. The number of anilines is 1. The molecule has 2 aromatic carbocycles. The Morgan fingerprint density at radius 2 is 1.58 bits per heavy atom. The molecule has 24 heavy (non-hydrogen) atoms. The first-order valence-electron chi connectivity index (χ1n) is 6.56. The van der Waals surface area contributed by atoms with Gasteiger partial charge in [-0.25, -0.2) is 12.8 Å². The van der Waals surface area contributed by atoms with Crippen LogP contribution in [-0.4, -0.2) is 20.1 Å². The number of sulfone groups is 1. The van der Waals surface area contributed by atoms with Crippen molar-refractivity contribution in [2.75, 3.05) is 11.1 Å². The van der Waals surface area contributed by atoms with Gasteiger partial charge in [-0.15, -0.1) is 0 Å². The molecule has 0 saturated carbocycles. The summed E-state index contributed by atoms with van der Waals surface area (Å²) in [7, 11) is -3.84. The predicted octanol–water partition coefficient (Wildman–Crippen LogP) is 4.34. The van der Waals surface area contributed by atoms with Crippen LogP contribution in [0.2, 0.25) is 15.1 Å². The van der Waals surface area contributed by atoms with E-state index in [4.69, 9.17) is 34.8 Å². The summed E-state index contributed by atoms with van der Waals surface area (Å²) in [5.41, 5.74) is 0.427. The second-order valence-corrected chi connectivity index (χ2v) is 8.17. The molecule has 0 fully saturated rings. The van der Waals surface area contributed by atoms with Crippen molar-refractivity contribution < 1.29 is 17.6 Å². The van der Waals surface area contributed by atoms with Crippen molar-refractivity contribution in [3.63, 3.8) is 0 Å². The maximum absolute atomic E-state index is 12.8. The molecule has 0 unspecified atom stereocenters. The van der Waals surface area contributed by atoms with Gasteiger partial charge < -0.3 is 5.32 Å². The van der Waals surface area contributed by atoms with E-state index < -0.39 is 33.1 Å². The normalized spacial score (nSPS) is 11.3. The average molecular weight is 411 g/mol. The van der Waals surface area contributed by atoms with Gasteiger partial charge in [-0.2, -0.15) is 0 Å². The van der Waals surface area contributed by atoms with Crippen LogP contribution in [-0.2, 0) is 20.4 Å². The SMILES string of the molecule is O=C(CS(=O)(=O)Cc1c(Cl)ccc(Cl)c1Cl)Nc1ccc(F)cc1. The lowest BCUT2D eigenvalue weighted by Gasteiger charge is -2.10. The maximum atomic E-state index is 12.8. The van der Waals surface area contributed by atoms with Gasteiger partial charge in [-0.1, -0.05) is 34.8 Å². The van der Waals surface area contributed by atoms with E-state index in [0.29, 0.717) is 0 Å². The molecule has 0 heterocycles. The van der Waals surface area contributed by atoms with Crippen molar-refractivity contribution in [1.29, 1.82) is 0 Å². The van der Waals surface area contributed by atoms with Crippen LogP contribution in [0.3, 0.4) is 0 Å². The Kier molecular flexibility index (Phi) is 6.09. The van der Waals surface area contributed by atoms with Crippen molar-refractivity contribution in [2.24, 2.45) is 0 Å². The first kappa shape index (κ1) is 19.0. The summed E-state index contributed by atoms with van der Waals surface area (Å²) in [6.07, 6.45) is 0. The van der Waals surface area contributed by atoms with Crippen molar-refractivity contribution >= 4 is 56.2 Å². The second-order valence-electron chi connectivity index (χ2n) is 4.91. The van der Waals surface area contributed by atoms with E-state index in [-0.39, 0.29) is 26.3 Å². The third-order valence-corrected chi connectivity index (χ3v) is 5.61. The molecule has 1 amide bonds. The third-order valence-electron chi connectivity index (χ3n) is 2.98. The number of nitrogens with one attached hydrogen (secondary N) is 1. The van der Waals surface area contributed by atoms with Gasteiger partial charge in [0.25, 0.3) is 0 Å². The molecule has 2 rings (SSSR count). The highest BCUT2D eigenvalue weighted by Gasteiger charge is 2.21. The molecule has 0 aliphatic carbocycles. The van der Waals surface area contributed by atoms with E-state index >= 15 is 0 Å². The van der Waals surface area contributed by atoms with Gasteiger partial charge in [0.1, 0.15) is 11.6 Å². The largest absolute Gasteiger partial charge is 0.325 e. The number of hydrogen-bond acceptors (Lipinski definition) is 3. The Bertz CT molecular complexity index is 870. The van der Waals surface area contributed by atoms with Gasteiger partial charge >= 0.3 is 0 Å². The highest BCUT2D eigenvalue weighted by Crippen LogP contribution is 2.32. The Morgan fingerprint density at radius 3 is 2.21 bits per heavy atom. The molecule has 1 N–H and O–H groups in total. The fourth-order valence-corrected chi connectivity index (χ4v) is 4.06. The fraction of sp³-hybridized carbons (Fsp3) is 0.133. The summed E-state index contributed by atoms with van der Waals surface area (Å²) in [6, 6.07) is 7.82. The number of carbonyl (C=O) groups is 1. The second kappa shape index (κ2) is 7.70. The summed E-state index contributed by atoms with van der Waals surface area (Å²) in [5, 5.41) is 2.72. The van der Waals surface area contributed by atoms with Gasteiger partial charge in [-0.05, 0) is 36.4 Å². The molecule has 9 heteroatoms. The quantitative estimate of drug-likeness (QED) is 0.746. The zero-order valence-electron chi connectivity index (χ0n) is 12.0. The Hall–Kier alpha value is -1.34. The van der Waals surface area contributed by atoms with Crippen LogP contribution in [0.25, 0.3) is 0 Å². The number of carbonyl (C=O) groups excluding carboxylic acids is 1. The Morgan fingerprint density at radius 1 is 1.00 bits per heavy atom. The topological polar surface area (TPSA) is 63.2 Å². The van der Waals surface area contributed by atoms with Crippen LogP contribution in [0.5, 0.6) is 0 Å². The van der Waals surface area contributed by atoms with Crippen LogP contribution >= 0.6 is 34.8 Å². The monoisotopic (exact) mass is 409 g/mol. The number of hydrogen-bond donors (Lipinski definition) is 1. The third kappa shape index (κ3) is 5.08. The number of amides is 1. The number of halogens is 4. The smallest absolute Gasteiger partial charge is 0.239 e. The molecule has 128 valence electrons. The van der Waals surface area contributed by atoms with E-state index in [2.05, 4.69) is 5.32 Å². The number of rotatable bonds is 5. The van der Waals surface area contributed by atoms with Crippen LogP contribution in [0.1, 0.15) is 5.56 Å². The maximum Gasteiger partial charge on any atom is 0.239 e. The van der Waals surface area contributed by atoms with Gasteiger partial charge in [0.2, 0.25) is 5.91 Å². The lowest BCUT2D eigenvalue weighted by atomic mass is 10.2. The highest BCUT2D eigenvalue weighted by molar-refractivity contribution is 7.91.